The number of ether oxygens (including phenoxy) is 1. The van der Waals surface area contributed by atoms with Crippen molar-refractivity contribution in [3.8, 4) is 0 Å². The third kappa shape index (κ3) is 5.85. The molecule has 7 atom stereocenters. The summed E-state index contributed by atoms with van der Waals surface area (Å²) in [6.45, 7) is -1.99. The van der Waals surface area contributed by atoms with Crippen molar-refractivity contribution in [3.05, 3.63) is 0 Å². The van der Waals surface area contributed by atoms with E-state index in [-0.39, 0.29) is 6.29 Å². The van der Waals surface area contributed by atoms with Crippen molar-refractivity contribution >= 4 is 18.0 Å². The van der Waals surface area contributed by atoms with Crippen molar-refractivity contribution in [2.75, 3.05) is 13.2 Å². The first-order valence-electron chi connectivity index (χ1n) is 6.70. The van der Waals surface area contributed by atoms with Crippen molar-refractivity contribution in [2.24, 2.45) is 5.73 Å². The minimum Gasteiger partial charge on any atom is -0.452 e. The summed E-state index contributed by atoms with van der Waals surface area (Å²) in [5.41, 5.74) is 5.27. The molecule has 12 nitrogen and oxygen atoms in total. The number of aliphatic hydroxyl groups excluding tert-OH is 7. The van der Waals surface area contributed by atoms with E-state index in [0.29, 0.717) is 0 Å². The molecule has 0 aromatic heterocycles. The van der Waals surface area contributed by atoms with Crippen LogP contribution in [0.5, 0.6) is 0 Å². The molecule has 0 aliphatic carbocycles. The highest BCUT2D eigenvalue weighted by Crippen LogP contribution is 2.10. The van der Waals surface area contributed by atoms with Gasteiger partial charge in [-0.15, -0.1) is 0 Å². The molecular weight excluding hydrogens is 334 g/mol. The summed E-state index contributed by atoms with van der Waals surface area (Å²) < 4.78 is 4.45. The zero-order valence-electron chi connectivity index (χ0n) is 12.4. The van der Waals surface area contributed by atoms with E-state index in [0.717, 1.165) is 0 Å². The normalized spacial score (nSPS) is 20.2. The van der Waals surface area contributed by atoms with Gasteiger partial charge in [-0.2, -0.15) is 0 Å². The number of aldehydes is 1. The molecule has 0 radical (unpaired) electrons. The van der Waals surface area contributed by atoms with Crippen LogP contribution in [0.25, 0.3) is 0 Å². The van der Waals surface area contributed by atoms with Gasteiger partial charge < -0.3 is 51.0 Å². The maximum atomic E-state index is 11.6. The van der Waals surface area contributed by atoms with Gasteiger partial charge in [0.1, 0.15) is 36.7 Å². The Kier molecular flexibility index (Phi) is 9.72. The quantitative estimate of drug-likeness (QED) is 0.0983. The number of ketones is 1. The van der Waals surface area contributed by atoms with Gasteiger partial charge in [-0.3, -0.25) is 4.79 Å². The number of esters is 1. The maximum absolute atomic E-state index is 11.6. The zero-order valence-corrected chi connectivity index (χ0v) is 12.4. The van der Waals surface area contributed by atoms with Crippen LogP contribution < -0.4 is 5.73 Å². The zero-order chi connectivity index (χ0) is 19.0. The highest BCUT2D eigenvalue weighted by Gasteiger charge is 2.39. The van der Waals surface area contributed by atoms with Crippen LogP contribution in [0.2, 0.25) is 0 Å². The maximum Gasteiger partial charge on any atom is 0.377 e. The second-order valence-electron chi connectivity index (χ2n) is 4.87. The van der Waals surface area contributed by atoms with Gasteiger partial charge in [0.15, 0.2) is 12.2 Å². The van der Waals surface area contributed by atoms with Gasteiger partial charge in [0.05, 0.1) is 13.2 Å². The molecule has 0 unspecified atom stereocenters. The Labute approximate surface area is 135 Å². The highest BCUT2D eigenvalue weighted by molar-refractivity contribution is 6.35. The average molecular weight is 355 g/mol. The van der Waals surface area contributed by atoms with Crippen molar-refractivity contribution in [2.45, 2.75) is 42.7 Å². The lowest BCUT2D eigenvalue weighted by Gasteiger charge is -2.28. The molecule has 0 saturated carbocycles. The molecule has 0 bridgehead atoms. The lowest BCUT2D eigenvalue weighted by molar-refractivity contribution is -0.175. The Bertz CT molecular complexity index is 431. The van der Waals surface area contributed by atoms with E-state index in [2.05, 4.69) is 4.74 Å². The fourth-order valence-corrected chi connectivity index (χ4v) is 1.56. The van der Waals surface area contributed by atoms with Gasteiger partial charge in [-0.25, -0.2) is 4.79 Å². The van der Waals surface area contributed by atoms with Crippen LogP contribution in [0, 0.1) is 0 Å². The van der Waals surface area contributed by atoms with Crippen LogP contribution in [-0.4, -0.2) is 110 Å². The molecule has 0 heterocycles. The molecule has 0 aromatic carbocycles. The molecule has 0 fully saturated rings. The van der Waals surface area contributed by atoms with E-state index >= 15 is 0 Å². The van der Waals surface area contributed by atoms with Crippen molar-refractivity contribution < 1.29 is 54.9 Å². The topological polar surface area (TPSA) is 228 Å². The number of carbonyl (C=O) groups excluding carboxylic acids is 3. The van der Waals surface area contributed by atoms with Crippen molar-refractivity contribution in [1.82, 2.24) is 0 Å². The molecular formula is C12H21NO11. The largest absolute Gasteiger partial charge is 0.452 e. The lowest BCUT2D eigenvalue weighted by atomic mass is 10.0. The van der Waals surface area contributed by atoms with E-state index in [1.807, 2.05) is 0 Å². The third-order valence-electron chi connectivity index (χ3n) is 3.07. The summed E-state index contributed by atoms with van der Waals surface area (Å²) in [5.74, 6) is -3.60. The van der Waals surface area contributed by atoms with Crippen LogP contribution >= 0.6 is 0 Å². The lowest BCUT2D eigenvalue weighted by Crippen LogP contribution is -2.54. The first-order valence-corrected chi connectivity index (χ1v) is 6.70. The van der Waals surface area contributed by atoms with E-state index in [1.165, 1.54) is 0 Å². The van der Waals surface area contributed by atoms with Crippen molar-refractivity contribution in [3.63, 3.8) is 0 Å². The van der Waals surface area contributed by atoms with Gasteiger partial charge in [-0.05, 0) is 0 Å². The Hall–Kier alpha value is -1.51. The number of rotatable bonds is 11. The molecule has 0 amide bonds. The fourth-order valence-electron chi connectivity index (χ4n) is 1.56. The predicted octanol–water partition coefficient (Wildman–Crippen LogP) is -6.22. The summed E-state index contributed by atoms with van der Waals surface area (Å²) in [6.07, 6.45) is -12.4. The number of carbonyl (C=O) groups is 3. The fraction of sp³-hybridized carbons (Fsp3) is 0.750. The summed E-state index contributed by atoms with van der Waals surface area (Å²) in [5, 5.41) is 64.2. The SMILES string of the molecule is N[C@@H](C=O)[C@@H](OC(=O)C(=O)[C@@H](O)[C@H](O)[C@@H](O)CO)[C@H](O)[C@H](O)CO. The standard InChI is InChI=1S/C12H21NO11/c13-4(1-14)11(8(20)6(18)3-16)24-12(23)10(22)9(21)7(19)5(17)2-15/h1,4-9,11,15-21H,2-3,13H2/t4-,5-,6+,7+,8+,9-,11+/m0/s1. The molecule has 0 spiro atoms. The highest BCUT2D eigenvalue weighted by atomic mass is 16.6. The Balaban J connectivity index is 5.11. The Morgan fingerprint density at radius 2 is 1.42 bits per heavy atom. The molecule has 24 heavy (non-hydrogen) atoms. The molecule has 9 N–H and O–H groups in total. The Morgan fingerprint density at radius 1 is 0.958 bits per heavy atom. The number of aliphatic hydroxyl groups is 7. The van der Waals surface area contributed by atoms with Gasteiger partial charge in [0.2, 0.25) is 0 Å². The van der Waals surface area contributed by atoms with Crippen LogP contribution in [-0.2, 0) is 19.1 Å². The smallest absolute Gasteiger partial charge is 0.377 e. The third-order valence-corrected chi connectivity index (χ3v) is 3.07. The van der Waals surface area contributed by atoms with Crippen molar-refractivity contribution in [1.29, 1.82) is 0 Å². The summed E-state index contributed by atoms with van der Waals surface area (Å²) in [6, 6.07) is -1.68. The van der Waals surface area contributed by atoms with E-state index in [1.54, 1.807) is 0 Å². The number of hydrogen-bond donors (Lipinski definition) is 8. The van der Waals surface area contributed by atoms with E-state index in [4.69, 9.17) is 21.1 Å². The molecule has 140 valence electrons. The summed E-state index contributed by atoms with van der Waals surface area (Å²) in [4.78, 5) is 33.9. The second kappa shape index (κ2) is 10.4. The Morgan fingerprint density at radius 3 is 1.83 bits per heavy atom. The van der Waals surface area contributed by atoms with Crippen LogP contribution in [0.4, 0.5) is 0 Å². The molecule has 0 aliphatic heterocycles. The van der Waals surface area contributed by atoms with Crippen LogP contribution in [0.1, 0.15) is 0 Å². The summed E-state index contributed by atoms with van der Waals surface area (Å²) in [7, 11) is 0. The number of hydrogen-bond acceptors (Lipinski definition) is 12. The molecule has 0 aromatic rings. The average Bonchev–Trinajstić information content (AvgIpc) is 2.60. The predicted molar refractivity (Wildman–Crippen MR) is 73.1 cm³/mol. The molecule has 0 aliphatic rings. The molecule has 12 heteroatoms. The van der Waals surface area contributed by atoms with Gasteiger partial charge in [0.25, 0.3) is 5.78 Å². The molecule has 0 rings (SSSR count). The van der Waals surface area contributed by atoms with Gasteiger partial charge in [-0.1, -0.05) is 0 Å². The van der Waals surface area contributed by atoms with Gasteiger partial charge >= 0.3 is 5.97 Å². The number of Topliss-reactive ketones (excluding diaryl/α,β-unsaturated/α-hetero) is 1. The molecule has 0 saturated heterocycles. The summed E-state index contributed by atoms with van der Waals surface area (Å²) >= 11 is 0. The monoisotopic (exact) mass is 355 g/mol. The van der Waals surface area contributed by atoms with E-state index < -0.39 is 67.6 Å². The first-order chi connectivity index (χ1) is 11.1. The van der Waals surface area contributed by atoms with E-state index in [9.17, 15) is 34.8 Å². The second-order valence-corrected chi connectivity index (χ2v) is 4.87. The number of nitrogens with two attached hydrogens (primary N) is 1. The minimum absolute atomic E-state index is 0.0382. The minimum atomic E-state index is -2.47. The van der Waals surface area contributed by atoms with Crippen LogP contribution in [0.15, 0.2) is 0 Å². The van der Waals surface area contributed by atoms with Gasteiger partial charge in [0, 0.05) is 0 Å². The van der Waals surface area contributed by atoms with Crippen LogP contribution in [0.3, 0.4) is 0 Å². The first kappa shape index (κ1) is 22.5.